The van der Waals surface area contributed by atoms with E-state index in [-0.39, 0.29) is 69.7 Å². The second-order valence-corrected chi connectivity index (χ2v) is 32.5. The second kappa shape index (κ2) is 32.5. The number of nitrogens with one attached hydrogen (secondary N) is 3. The van der Waals surface area contributed by atoms with Crippen LogP contribution in [0.3, 0.4) is 0 Å². The van der Waals surface area contributed by atoms with Gasteiger partial charge in [-0.3, -0.25) is 28.0 Å². The van der Waals surface area contributed by atoms with E-state index in [0.717, 1.165) is 14.2 Å². The number of anilines is 3. The van der Waals surface area contributed by atoms with Gasteiger partial charge in [-0.2, -0.15) is 15.3 Å². The molecule has 3 aliphatic heterocycles. The smallest absolute Gasteiger partial charge is 0.459 e. The Bertz CT molecular complexity index is 5020. The minimum absolute atomic E-state index is 0.0197. The summed E-state index contributed by atoms with van der Waals surface area (Å²) in [6, 6.07) is 19.8. The summed E-state index contributed by atoms with van der Waals surface area (Å²) in [5.74, 6) is -2.19. The minimum Gasteiger partial charge on any atom is -0.484 e. The molecule has 21 atom stereocenters. The third-order valence-electron chi connectivity index (χ3n) is 19.1. The molecule has 42 heteroatoms. The molecule has 3 aromatic carbocycles. The summed E-state index contributed by atoms with van der Waals surface area (Å²) in [5.41, 5.74) is 13.3. The molecule has 0 saturated carbocycles. The Morgan fingerprint density at radius 3 is 1.13 bits per heavy atom. The van der Waals surface area contributed by atoms with Gasteiger partial charge in [-0.1, -0.05) is 18.2 Å². The maximum atomic E-state index is 15.6. The maximum absolute atomic E-state index is 15.6. The van der Waals surface area contributed by atoms with E-state index in [1.54, 1.807) is 61.9 Å². The fraction of sp³-hybridized carbons (Fsp3) is 0.443. The predicted molar refractivity (Wildman–Crippen MR) is 398 cm³/mol. The zero-order valence-electron chi connectivity index (χ0n) is 62.6. The van der Waals surface area contributed by atoms with E-state index in [1.807, 2.05) is 0 Å². The summed E-state index contributed by atoms with van der Waals surface area (Å²) in [5, 5.41) is 58.3. The molecule has 3 aliphatic rings. The molecule has 9 aromatic rings. The lowest BCUT2D eigenvalue weighted by molar-refractivity contribution is -0.145. The Kier molecular flexibility index (Phi) is 23.8. The van der Waals surface area contributed by atoms with Gasteiger partial charge in [0.2, 0.25) is 0 Å². The summed E-state index contributed by atoms with van der Waals surface area (Å²) in [4.78, 5) is 64.4. The molecule has 21 unspecified atom stereocenters. The summed E-state index contributed by atoms with van der Waals surface area (Å²) in [6.45, 7) is 14.2. The highest BCUT2D eigenvalue weighted by atomic mass is 31.2. The number of hydrogen-bond donors (Lipinski definition) is 10. The Labute approximate surface area is 640 Å². The molecule has 112 heavy (non-hydrogen) atoms. The van der Waals surface area contributed by atoms with Crippen LogP contribution in [0.2, 0.25) is 0 Å². The Morgan fingerprint density at radius 2 is 0.786 bits per heavy atom. The first-order chi connectivity index (χ1) is 53.0. The zero-order valence-corrected chi connectivity index (χ0v) is 65.3. The SMILES string of the molecule is CCOC(=O)C(C)NP(=O)(Oc1ccc(OC2C(C(C)OP(=O)(NC(C)C(=O)OC)Oc3ccc(OC4C(C(C)OP(=O)(NC(C)C(=O)OC)Oc5ccccc5)OC(n5ccc6c(N)ncnc65)C4(C)O)cc3)OC(n3ccc4c(N)ncnc43)C2(C)O)cc1)OC(C)C1OC(n2ccc3c(N)ncnc32)C(C)(O)C1O. The molecule has 602 valence electrons. The average Bonchev–Trinajstić information content (AvgIpc) is 1.60. The van der Waals surface area contributed by atoms with Gasteiger partial charge in [0.15, 0.2) is 30.9 Å². The van der Waals surface area contributed by atoms with Gasteiger partial charge < -0.3 is 103 Å². The van der Waals surface area contributed by atoms with Crippen molar-refractivity contribution in [3.63, 3.8) is 0 Å². The van der Waals surface area contributed by atoms with E-state index >= 15 is 9.13 Å². The van der Waals surface area contributed by atoms with Crippen LogP contribution >= 0.6 is 23.2 Å². The van der Waals surface area contributed by atoms with Crippen molar-refractivity contribution < 1.29 is 114 Å². The number of fused-ring (bicyclic) bond motifs is 3. The third kappa shape index (κ3) is 16.8. The number of esters is 3. The predicted octanol–water partition coefficient (Wildman–Crippen LogP) is 6.49. The van der Waals surface area contributed by atoms with E-state index < -0.39 is 150 Å². The van der Waals surface area contributed by atoms with Gasteiger partial charge in [-0.25, -0.2) is 43.6 Å². The standard InChI is InChI=1S/C70H88N15O24P3/c1-13-98-64(89)38(4)82-112(95,104-39(5)50-53(86)68(8,90)65(101-50)83-30-27-47-56(71)74-33-77-59(47)83)109-46-25-21-43(22-26-46)100-55-52(103-67(70(55,10)92)85-32-29-49-58(73)76-35-79-61(49)85)41(7)106-111(94,81-37(3)63(88)97-12)108-45-23-19-42(20-24-45)99-54-51(102-66(69(54,9)91)84-31-28-48-57(72)75-34-78-60(48)84)40(6)105-110(93,80-36(2)62(87)96-11)107-44-17-15-14-16-18-44/h14-41,50-55,65-67,86,90-92H,13H2,1-12H3,(H,80,93)(H,81,94)(H,82,95)(H2,71,74,77)(H2,72,75,78)(H2,73,76,79). The number of aliphatic hydroxyl groups excluding tert-OH is 1. The molecule has 3 fully saturated rings. The lowest BCUT2D eigenvalue weighted by Gasteiger charge is -2.33. The number of benzene rings is 3. The lowest BCUT2D eigenvalue weighted by Crippen LogP contribution is -2.50. The summed E-state index contributed by atoms with van der Waals surface area (Å²) < 4.78 is 135. The molecule has 13 N–H and O–H groups in total. The van der Waals surface area contributed by atoms with Crippen LogP contribution in [0.1, 0.15) is 87.9 Å². The highest BCUT2D eigenvalue weighted by molar-refractivity contribution is 7.52. The fourth-order valence-electron chi connectivity index (χ4n) is 13.4. The van der Waals surface area contributed by atoms with Crippen molar-refractivity contribution >= 4 is 91.7 Å². The van der Waals surface area contributed by atoms with Gasteiger partial charge >= 0.3 is 41.1 Å². The lowest BCUT2D eigenvalue weighted by atomic mass is 9.94. The number of rotatable bonds is 32. The van der Waals surface area contributed by atoms with Gasteiger partial charge in [0.05, 0.1) is 55.3 Å². The monoisotopic (exact) mass is 1620 g/mol. The summed E-state index contributed by atoms with van der Waals surface area (Å²) >= 11 is 0. The topological polar surface area (TPSA) is 519 Å². The molecule has 0 spiro atoms. The third-order valence-corrected chi connectivity index (χ3v) is 24.4. The summed E-state index contributed by atoms with van der Waals surface area (Å²) in [7, 11) is -12.0. The van der Waals surface area contributed by atoms with Crippen molar-refractivity contribution in [2.24, 2.45) is 0 Å². The fourth-order valence-corrected chi connectivity index (χ4v) is 18.5. The molecule has 0 amide bonds. The van der Waals surface area contributed by atoms with E-state index in [9.17, 15) is 39.4 Å². The number of nitrogens with zero attached hydrogens (tertiary/aromatic N) is 9. The molecule has 0 bridgehead atoms. The van der Waals surface area contributed by atoms with Crippen LogP contribution in [0.5, 0.6) is 28.7 Å². The average molecular weight is 1620 g/mol. The molecular weight excluding hydrogens is 1530 g/mol. The molecule has 6 aromatic heterocycles. The minimum atomic E-state index is -4.92. The van der Waals surface area contributed by atoms with Gasteiger partial charge in [-0.05, 0) is 148 Å². The van der Waals surface area contributed by atoms with Crippen molar-refractivity contribution in [3.8, 4) is 28.7 Å². The number of para-hydroxylation sites is 1. The first-order valence-electron chi connectivity index (χ1n) is 35.2. The van der Waals surface area contributed by atoms with Crippen LogP contribution in [0.4, 0.5) is 17.5 Å². The normalized spacial score (nSPS) is 27.1. The van der Waals surface area contributed by atoms with Crippen molar-refractivity contribution in [3.05, 3.63) is 135 Å². The van der Waals surface area contributed by atoms with Gasteiger partial charge in [0, 0.05) is 18.6 Å². The first kappa shape index (κ1) is 82.0. The Balaban J connectivity index is 0.816. The molecule has 9 heterocycles. The number of nitrogen functional groups attached to an aromatic ring is 3. The van der Waals surface area contributed by atoms with Gasteiger partial charge in [0.1, 0.15) is 141 Å². The number of hydrogen-bond acceptors (Lipinski definition) is 33. The van der Waals surface area contributed by atoms with Crippen molar-refractivity contribution in [1.82, 2.24) is 58.9 Å². The number of aliphatic hydroxyl groups is 4. The molecule has 0 radical (unpaired) electrons. The first-order valence-corrected chi connectivity index (χ1v) is 39.8. The van der Waals surface area contributed by atoms with Gasteiger partial charge in [-0.15, -0.1) is 0 Å². The molecule has 12 rings (SSSR count). The number of nitrogens with two attached hydrogens (primary N) is 3. The summed E-state index contributed by atoms with van der Waals surface area (Å²) in [6.07, 6.45) is -8.53. The second-order valence-electron chi connectivity index (χ2n) is 27.5. The number of aromatic nitrogens is 9. The van der Waals surface area contributed by atoms with Crippen molar-refractivity contribution in [1.29, 1.82) is 0 Å². The van der Waals surface area contributed by atoms with Gasteiger partial charge in [0.25, 0.3) is 0 Å². The number of carbonyl (C=O) groups excluding carboxylic acids is 3. The van der Waals surface area contributed by atoms with Crippen molar-refractivity contribution in [2.45, 2.75) is 178 Å². The van der Waals surface area contributed by atoms with Crippen LogP contribution < -0.4 is 55.5 Å². The van der Waals surface area contributed by atoms with Crippen LogP contribution in [-0.4, -0.2) is 193 Å². The molecule has 3 saturated heterocycles. The van der Waals surface area contributed by atoms with Crippen molar-refractivity contribution in [2.75, 3.05) is 38.0 Å². The highest BCUT2D eigenvalue weighted by Gasteiger charge is 2.61. The quantitative estimate of drug-likeness (QED) is 0.0122. The zero-order chi connectivity index (χ0) is 80.7. The Morgan fingerprint density at radius 1 is 0.473 bits per heavy atom. The Hall–Kier alpha value is -9.50. The van der Waals surface area contributed by atoms with E-state index in [4.69, 9.17) is 82.2 Å². The molecule has 0 aliphatic carbocycles. The van der Waals surface area contributed by atoms with Crippen LogP contribution in [0, 0.1) is 0 Å². The van der Waals surface area contributed by atoms with Crippen LogP contribution in [0.15, 0.2) is 135 Å². The highest BCUT2D eigenvalue weighted by Crippen LogP contribution is 2.55. The van der Waals surface area contributed by atoms with E-state index in [2.05, 4.69) is 45.2 Å². The largest absolute Gasteiger partial charge is 0.484 e. The number of methoxy groups -OCH3 is 2. The maximum Gasteiger partial charge on any atom is 0.459 e. The van der Waals surface area contributed by atoms with E-state index in [1.165, 1.54) is 156 Å². The number of ether oxygens (including phenoxy) is 8. The molecule has 39 nitrogen and oxygen atoms in total. The van der Waals surface area contributed by atoms with Crippen LogP contribution in [-0.2, 0) is 70.1 Å². The molecular formula is C70H88N15O24P3. The van der Waals surface area contributed by atoms with Crippen LogP contribution in [0.25, 0.3) is 33.1 Å². The van der Waals surface area contributed by atoms with E-state index in [0.29, 0.717) is 16.2 Å². The number of carbonyl (C=O) groups is 3.